The monoisotopic (exact) mass is 388 g/mol. The third kappa shape index (κ3) is 2.79. The second kappa shape index (κ2) is 6.32. The highest BCUT2D eigenvalue weighted by Crippen LogP contribution is 2.44. The maximum atomic E-state index is 13.5. The highest BCUT2D eigenvalue weighted by molar-refractivity contribution is 8.00. The molecule has 1 N–H and O–H groups in total. The number of para-hydroxylation sites is 1. The maximum Gasteiger partial charge on any atom is 0.264 e. The largest absolute Gasteiger partial charge is 0.326 e. The Morgan fingerprint density at radius 3 is 2.69 bits per heavy atom. The van der Waals surface area contributed by atoms with E-state index < -0.39 is 10.0 Å². The van der Waals surface area contributed by atoms with Gasteiger partial charge in [0.25, 0.3) is 10.0 Å². The number of nitrogens with one attached hydrogen (secondary N) is 1. The van der Waals surface area contributed by atoms with Gasteiger partial charge in [0.05, 0.1) is 16.6 Å². The van der Waals surface area contributed by atoms with E-state index in [1.54, 1.807) is 34.3 Å². The first-order chi connectivity index (χ1) is 12.4. The van der Waals surface area contributed by atoms with Gasteiger partial charge in [-0.15, -0.1) is 11.8 Å². The molecule has 0 aliphatic carbocycles. The number of nitrogens with zero attached hydrogens (tertiary/aromatic N) is 1. The Hall–Kier alpha value is -1.99. The molecule has 0 saturated heterocycles. The standard InChI is InChI=1S/C19H20N2O3S2/c1-12-13(2)25-18-6-4-3-5-17(18)21(12)26(23,24)15-8-9-16-14(11-15)7-10-19(22)20-16/h3-6,8-9,11-13H,7,10H2,1-2H3,(H,20,22)/t12-,13-/m1/s1. The van der Waals surface area contributed by atoms with Gasteiger partial charge in [0.15, 0.2) is 0 Å². The number of fused-ring (bicyclic) bond motifs is 2. The van der Waals surface area contributed by atoms with Gasteiger partial charge >= 0.3 is 0 Å². The molecule has 7 heteroatoms. The zero-order valence-electron chi connectivity index (χ0n) is 14.6. The highest BCUT2D eigenvalue weighted by atomic mass is 32.2. The maximum absolute atomic E-state index is 13.5. The van der Waals surface area contributed by atoms with Crippen molar-refractivity contribution in [2.45, 2.75) is 47.8 Å². The zero-order valence-corrected chi connectivity index (χ0v) is 16.2. The van der Waals surface area contributed by atoms with E-state index in [2.05, 4.69) is 12.2 Å². The van der Waals surface area contributed by atoms with Crippen molar-refractivity contribution < 1.29 is 13.2 Å². The first kappa shape index (κ1) is 17.4. The Kier molecular flexibility index (Phi) is 4.23. The smallest absolute Gasteiger partial charge is 0.264 e. The number of anilines is 2. The lowest BCUT2D eigenvalue weighted by molar-refractivity contribution is -0.116. The fourth-order valence-electron chi connectivity index (χ4n) is 3.43. The van der Waals surface area contributed by atoms with Gasteiger partial charge in [-0.1, -0.05) is 19.1 Å². The van der Waals surface area contributed by atoms with Crippen molar-refractivity contribution in [1.82, 2.24) is 0 Å². The van der Waals surface area contributed by atoms with Gasteiger partial charge in [-0.2, -0.15) is 0 Å². The van der Waals surface area contributed by atoms with Crippen LogP contribution in [0.15, 0.2) is 52.3 Å². The Bertz CT molecular complexity index is 988. The predicted octanol–water partition coefficient (Wildman–Crippen LogP) is 3.65. The molecule has 2 atom stereocenters. The molecule has 0 aromatic heterocycles. The summed E-state index contributed by atoms with van der Waals surface area (Å²) in [6, 6.07) is 12.4. The second-order valence-electron chi connectivity index (χ2n) is 6.70. The molecular weight excluding hydrogens is 368 g/mol. The van der Waals surface area contributed by atoms with Crippen molar-refractivity contribution in [2.75, 3.05) is 9.62 Å². The number of aryl methyl sites for hydroxylation is 1. The molecule has 4 rings (SSSR count). The number of sulfonamides is 1. The van der Waals surface area contributed by atoms with E-state index in [-0.39, 0.29) is 22.1 Å². The summed E-state index contributed by atoms with van der Waals surface area (Å²) in [6.45, 7) is 4.00. The summed E-state index contributed by atoms with van der Waals surface area (Å²) in [5.74, 6) is -0.0301. The van der Waals surface area contributed by atoms with Crippen LogP contribution >= 0.6 is 11.8 Å². The molecule has 2 aromatic rings. The molecule has 2 aliphatic heterocycles. The molecule has 0 bridgehead atoms. The minimum Gasteiger partial charge on any atom is -0.326 e. The van der Waals surface area contributed by atoms with E-state index in [1.165, 1.54) is 0 Å². The number of amides is 1. The Morgan fingerprint density at radius 1 is 1.12 bits per heavy atom. The predicted molar refractivity (Wildman–Crippen MR) is 104 cm³/mol. The van der Waals surface area contributed by atoms with Crippen LogP contribution in [-0.2, 0) is 21.2 Å². The second-order valence-corrected chi connectivity index (χ2v) is 9.93. The van der Waals surface area contributed by atoms with Gasteiger partial charge in [0, 0.05) is 22.3 Å². The molecule has 2 aromatic carbocycles. The molecule has 0 spiro atoms. The summed E-state index contributed by atoms with van der Waals surface area (Å²) in [7, 11) is -3.70. The lowest BCUT2D eigenvalue weighted by Gasteiger charge is -2.39. The Balaban J connectivity index is 1.81. The van der Waals surface area contributed by atoms with Crippen molar-refractivity contribution in [3.63, 3.8) is 0 Å². The van der Waals surface area contributed by atoms with Gasteiger partial charge in [-0.05, 0) is 49.2 Å². The van der Waals surface area contributed by atoms with E-state index in [0.29, 0.717) is 18.5 Å². The van der Waals surface area contributed by atoms with Crippen molar-refractivity contribution in [3.8, 4) is 0 Å². The Morgan fingerprint density at radius 2 is 1.88 bits per heavy atom. The van der Waals surface area contributed by atoms with Crippen LogP contribution in [-0.4, -0.2) is 25.6 Å². The van der Waals surface area contributed by atoms with Gasteiger partial charge < -0.3 is 5.32 Å². The lowest BCUT2D eigenvalue weighted by Crippen LogP contribution is -2.46. The number of benzene rings is 2. The van der Waals surface area contributed by atoms with Gasteiger partial charge in [-0.25, -0.2) is 8.42 Å². The third-order valence-corrected chi connectivity index (χ3v) is 8.26. The third-order valence-electron chi connectivity index (χ3n) is 4.99. The van der Waals surface area contributed by atoms with Crippen LogP contribution in [0.4, 0.5) is 11.4 Å². The van der Waals surface area contributed by atoms with Crippen LogP contribution in [0.5, 0.6) is 0 Å². The molecule has 0 saturated carbocycles. The summed E-state index contributed by atoms with van der Waals surface area (Å²) in [5, 5.41) is 2.95. The van der Waals surface area contributed by atoms with Crippen molar-refractivity contribution in [2.24, 2.45) is 0 Å². The number of carbonyl (C=O) groups is 1. The van der Waals surface area contributed by atoms with E-state index in [9.17, 15) is 13.2 Å². The lowest BCUT2D eigenvalue weighted by atomic mass is 10.0. The quantitative estimate of drug-likeness (QED) is 0.853. The number of hydrogen-bond acceptors (Lipinski definition) is 4. The van der Waals surface area contributed by atoms with E-state index in [1.807, 2.05) is 31.2 Å². The van der Waals surface area contributed by atoms with Crippen molar-refractivity contribution >= 4 is 39.1 Å². The molecule has 0 fully saturated rings. The molecule has 136 valence electrons. The van der Waals surface area contributed by atoms with Gasteiger partial charge in [-0.3, -0.25) is 9.10 Å². The molecule has 0 unspecified atom stereocenters. The molecule has 26 heavy (non-hydrogen) atoms. The fourth-order valence-corrected chi connectivity index (χ4v) is 6.52. The summed E-state index contributed by atoms with van der Waals surface area (Å²) < 4.78 is 28.5. The number of rotatable bonds is 2. The minimum atomic E-state index is -3.70. The topological polar surface area (TPSA) is 66.5 Å². The number of carbonyl (C=O) groups excluding carboxylic acids is 1. The molecule has 2 aliphatic rings. The molecule has 5 nitrogen and oxygen atoms in total. The average molecular weight is 389 g/mol. The van der Waals surface area contributed by atoms with E-state index in [4.69, 9.17) is 0 Å². The average Bonchev–Trinajstić information content (AvgIpc) is 2.62. The highest BCUT2D eigenvalue weighted by Gasteiger charge is 2.38. The van der Waals surface area contributed by atoms with Crippen LogP contribution in [0.1, 0.15) is 25.8 Å². The SMILES string of the molecule is C[C@@H]1[C@@H](C)Sc2ccccc2N1S(=O)(=O)c1ccc2c(c1)CCC(=O)N2. The first-order valence-electron chi connectivity index (χ1n) is 8.61. The normalized spacial score (nSPS) is 22.4. The summed E-state index contributed by atoms with van der Waals surface area (Å²) >= 11 is 1.70. The fraction of sp³-hybridized carbons (Fsp3) is 0.316. The molecule has 0 radical (unpaired) electrons. The first-order valence-corrected chi connectivity index (χ1v) is 10.9. The van der Waals surface area contributed by atoms with Gasteiger partial charge in [0.2, 0.25) is 5.91 Å². The summed E-state index contributed by atoms with van der Waals surface area (Å²) in [4.78, 5) is 12.8. The van der Waals surface area contributed by atoms with Crippen molar-refractivity contribution in [1.29, 1.82) is 0 Å². The van der Waals surface area contributed by atoms with Crippen LogP contribution in [0.3, 0.4) is 0 Å². The molecular formula is C19H20N2O3S2. The van der Waals surface area contributed by atoms with Gasteiger partial charge in [0.1, 0.15) is 0 Å². The van der Waals surface area contributed by atoms with E-state index >= 15 is 0 Å². The molecule has 1 amide bonds. The van der Waals surface area contributed by atoms with Crippen LogP contribution in [0.2, 0.25) is 0 Å². The summed E-state index contributed by atoms with van der Waals surface area (Å²) in [6.07, 6.45) is 0.941. The minimum absolute atomic E-state index is 0.0301. The van der Waals surface area contributed by atoms with Crippen molar-refractivity contribution in [3.05, 3.63) is 48.0 Å². The summed E-state index contributed by atoms with van der Waals surface area (Å²) in [5.41, 5.74) is 2.30. The van der Waals surface area contributed by atoms with Crippen LogP contribution in [0.25, 0.3) is 0 Å². The Labute approximate surface area is 157 Å². The van der Waals surface area contributed by atoms with Crippen LogP contribution < -0.4 is 9.62 Å². The number of hydrogen-bond donors (Lipinski definition) is 1. The van der Waals surface area contributed by atoms with Crippen LogP contribution in [0, 0.1) is 0 Å². The molecule has 2 heterocycles. The van der Waals surface area contributed by atoms with E-state index in [0.717, 1.165) is 16.1 Å². The zero-order chi connectivity index (χ0) is 18.5. The number of thioether (sulfide) groups is 1.